The van der Waals surface area contributed by atoms with Crippen LogP contribution in [0, 0.1) is 0 Å². The Bertz CT molecular complexity index is 1410. The van der Waals surface area contributed by atoms with Crippen LogP contribution in [0.3, 0.4) is 0 Å². The Morgan fingerprint density at radius 1 is 0.408 bits per heavy atom. The lowest BCUT2D eigenvalue weighted by Crippen LogP contribution is -2.61. The Kier molecular flexibility index (Phi) is 44.0. The van der Waals surface area contributed by atoms with Crippen molar-refractivity contribution in [2.24, 2.45) is 0 Å². The van der Waals surface area contributed by atoms with Gasteiger partial charge in [0, 0.05) is 12.8 Å². The molecule has 2 rings (SSSR count). The molecule has 0 aromatic rings. The fourth-order valence-corrected chi connectivity index (χ4v) is 9.86. The van der Waals surface area contributed by atoms with Crippen molar-refractivity contribution in [1.29, 1.82) is 0 Å². The summed E-state index contributed by atoms with van der Waals surface area (Å²) in [5.41, 5.74) is 0. The number of aliphatic hydroxyl groups is 7. The van der Waals surface area contributed by atoms with Crippen LogP contribution in [0.5, 0.6) is 0 Å². The standard InChI is InChI=1S/C61H112O15/c1-3-5-7-9-11-13-15-17-19-21-22-23-24-25-26-28-30-32-34-36-38-40-42-44-53(64)74-49(46-71-52(63)43-41-39-37-35-33-31-29-27-20-18-16-14-12-10-8-6-4-2)47-72-60-59(70)57(68)55(66)51(76-60)48-73-61-58(69)56(67)54(65)50(45-62)75-61/h18,20-22,49-51,54-62,65-70H,3-17,19,23-48H2,1-2H3/b20-18-,22-21-. The highest BCUT2D eigenvalue weighted by Crippen LogP contribution is 2.27. The van der Waals surface area contributed by atoms with Crippen molar-refractivity contribution in [1.82, 2.24) is 0 Å². The highest BCUT2D eigenvalue weighted by molar-refractivity contribution is 5.70. The molecule has 2 saturated heterocycles. The van der Waals surface area contributed by atoms with Crippen LogP contribution in [0.4, 0.5) is 0 Å². The van der Waals surface area contributed by atoms with E-state index in [1.54, 1.807) is 0 Å². The van der Waals surface area contributed by atoms with Gasteiger partial charge in [-0.1, -0.05) is 205 Å². The van der Waals surface area contributed by atoms with Crippen molar-refractivity contribution in [3.8, 4) is 0 Å². The summed E-state index contributed by atoms with van der Waals surface area (Å²) in [6, 6.07) is 0. The molecule has 0 spiro atoms. The summed E-state index contributed by atoms with van der Waals surface area (Å²) in [7, 11) is 0. The largest absolute Gasteiger partial charge is 0.462 e. The monoisotopic (exact) mass is 1080 g/mol. The molecule has 15 nitrogen and oxygen atoms in total. The Balaban J connectivity index is 1.72. The smallest absolute Gasteiger partial charge is 0.306 e. The first kappa shape index (κ1) is 70.1. The summed E-state index contributed by atoms with van der Waals surface area (Å²) >= 11 is 0. The van der Waals surface area contributed by atoms with Gasteiger partial charge in [0.05, 0.1) is 19.8 Å². The van der Waals surface area contributed by atoms with Crippen LogP contribution >= 0.6 is 0 Å². The van der Waals surface area contributed by atoms with Gasteiger partial charge < -0.3 is 64.2 Å². The molecule has 446 valence electrons. The molecule has 0 aromatic heterocycles. The fourth-order valence-electron chi connectivity index (χ4n) is 9.86. The average molecular weight is 1090 g/mol. The highest BCUT2D eigenvalue weighted by atomic mass is 16.7. The third kappa shape index (κ3) is 34.2. The first-order valence-corrected chi connectivity index (χ1v) is 30.9. The zero-order valence-corrected chi connectivity index (χ0v) is 47.8. The van der Waals surface area contributed by atoms with Crippen LogP contribution in [0.25, 0.3) is 0 Å². The van der Waals surface area contributed by atoms with E-state index in [1.165, 1.54) is 173 Å². The van der Waals surface area contributed by atoms with Crippen LogP contribution in [-0.4, -0.2) is 142 Å². The molecule has 76 heavy (non-hydrogen) atoms. The molecule has 15 heteroatoms. The SMILES string of the molecule is CCCCCCCC/C=C\CCCCCCCCCC(=O)OCC(COC1OC(COC2OC(CO)C(O)C(O)C2O)C(O)C(O)C1O)OC(=O)CCCCCCCCCCCCC/C=C\CCCCCCCCCC. The second kappa shape index (κ2) is 47.8. The van der Waals surface area contributed by atoms with E-state index in [9.17, 15) is 45.3 Å². The normalized spacial score (nSPS) is 24.4. The number of carbonyl (C=O) groups excluding carboxylic acids is 2. The lowest BCUT2D eigenvalue weighted by atomic mass is 9.98. The lowest BCUT2D eigenvalue weighted by molar-refractivity contribution is -0.332. The van der Waals surface area contributed by atoms with Gasteiger partial charge in [0.15, 0.2) is 18.7 Å². The summed E-state index contributed by atoms with van der Waals surface area (Å²) < 4.78 is 33.7. The summed E-state index contributed by atoms with van der Waals surface area (Å²) in [4.78, 5) is 25.9. The van der Waals surface area contributed by atoms with Gasteiger partial charge >= 0.3 is 11.9 Å². The molecule has 0 amide bonds. The van der Waals surface area contributed by atoms with Crippen molar-refractivity contribution >= 4 is 11.9 Å². The van der Waals surface area contributed by atoms with Crippen molar-refractivity contribution in [3.05, 3.63) is 24.3 Å². The number of allylic oxidation sites excluding steroid dienone is 4. The minimum absolute atomic E-state index is 0.166. The molecule has 0 aliphatic carbocycles. The maximum Gasteiger partial charge on any atom is 0.306 e. The molecule has 11 atom stereocenters. The Morgan fingerprint density at radius 2 is 0.750 bits per heavy atom. The minimum Gasteiger partial charge on any atom is -0.462 e. The van der Waals surface area contributed by atoms with E-state index in [-0.39, 0.29) is 26.1 Å². The van der Waals surface area contributed by atoms with Gasteiger partial charge in [-0.2, -0.15) is 0 Å². The van der Waals surface area contributed by atoms with Crippen LogP contribution in [0.1, 0.15) is 258 Å². The average Bonchev–Trinajstić information content (AvgIpc) is 3.42. The second-order valence-corrected chi connectivity index (χ2v) is 21.9. The second-order valence-electron chi connectivity index (χ2n) is 21.9. The minimum atomic E-state index is -1.76. The molecule has 0 bridgehead atoms. The number of rotatable bonds is 50. The molecule has 11 unspecified atom stereocenters. The maximum atomic E-state index is 13.1. The third-order valence-corrected chi connectivity index (χ3v) is 14.9. The molecular weight excluding hydrogens is 973 g/mol. The molecule has 0 saturated carbocycles. The van der Waals surface area contributed by atoms with Crippen LogP contribution in [-0.2, 0) is 38.0 Å². The van der Waals surface area contributed by atoms with Crippen molar-refractivity contribution in [3.63, 3.8) is 0 Å². The molecule has 2 fully saturated rings. The Hall–Kier alpha value is -2.02. The predicted molar refractivity (Wildman–Crippen MR) is 298 cm³/mol. The Morgan fingerprint density at radius 3 is 1.16 bits per heavy atom. The predicted octanol–water partition coefficient (Wildman–Crippen LogP) is 11.1. The molecule has 0 aromatic carbocycles. The lowest BCUT2D eigenvalue weighted by Gasteiger charge is -2.42. The molecule has 2 aliphatic heterocycles. The number of ether oxygens (including phenoxy) is 6. The summed E-state index contributed by atoms with van der Waals surface area (Å²) in [6.07, 6.45) is 36.2. The van der Waals surface area contributed by atoms with E-state index < -0.39 is 92.7 Å². The maximum absolute atomic E-state index is 13.1. The zero-order chi connectivity index (χ0) is 55.3. The van der Waals surface area contributed by atoms with E-state index in [1.807, 2.05) is 0 Å². The fraction of sp³-hybridized carbons (Fsp3) is 0.902. The quantitative estimate of drug-likeness (QED) is 0.0171. The van der Waals surface area contributed by atoms with Crippen LogP contribution < -0.4 is 0 Å². The summed E-state index contributed by atoms with van der Waals surface area (Å²) in [5.74, 6) is -0.918. The van der Waals surface area contributed by atoms with Crippen molar-refractivity contribution in [2.75, 3.05) is 26.4 Å². The number of unbranched alkanes of at least 4 members (excludes halogenated alkanes) is 32. The van der Waals surface area contributed by atoms with E-state index in [0.29, 0.717) is 12.8 Å². The molecular formula is C61H112O15. The molecule has 2 aliphatic rings. The topological polar surface area (TPSA) is 231 Å². The first-order valence-electron chi connectivity index (χ1n) is 30.9. The first-order chi connectivity index (χ1) is 37.0. The van der Waals surface area contributed by atoms with Crippen molar-refractivity contribution in [2.45, 2.75) is 325 Å². The van der Waals surface area contributed by atoms with Crippen molar-refractivity contribution < 1.29 is 73.8 Å². The summed E-state index contributed by atoms with van der Waals surface area (Å²) in [5, 5.41) is 72.4. The van der Waals surface area contributed by atoms with Gasteiger partial charge in [0.2, 0.25) is 0 Å². The van der Waals surface area contributed by atoms with Gasteiger partial charge in [-0.05, 0) is 64.2 Å². The van der Waals surface area contributed by atoms with E-state index in [2.05, 4.69) is 38.2 Å². The van der Waals surface area contributed by atoms with E-state index in [4.69, 9.17) is 28.4 Å². The number of hydrogen-bond donors (Lipinski definition) is 7. The third-order valence-electron chi connectivity index (χ3n) is 14.9. The number of carbonyl (C=O) groups is 2. The van der Waals surface area contributed by atoms with Gasteiger partial charge in [-0.3, -0.25) is 9.59 Å². The number of esters is 2. The Labute approximate surface area is 460 Å². The van der Waals surface area contributed by atoms with Crippen LogP contribution in [0.2, 0.25) is 0 Å². The van der Waals surface area contributed by atoms with Gasteiger partial charge in [-0.15, -0.1) is 0 Å². The van der Waals surface area contributed by atoms with Gasteiger partial charge in [0.1, 0.15) is 55.4 Å². The van der Waals surface area contributed by atoms with Gasteiger partial charge in [-0.25, -0.2) is 0 Å². The molecule has 7 N–H and O–H groups in total. The number of aliphatic hydroxyl groups excluding tert-OH is 7. The van der Waals surface area contributed by atoms with Gasteiger partial charge in [0.25, 0.3) is 0 Å². The molecule has 0 radical (unpaired) electrons. The summed E-state index contributed by atoms with van der Waals surface area (Å²) in [6.45, 7) is 2.63. The number of hydrogen-bond acceptors (Lipinski definition) is 15. The van der Waals surface area contributed by atoms with Crippen LogP contribution in [0.15, 0.2) is 24.3 Å². The molecule has 2 heterocycles. The zero-order valence-electron chi connectivity index (χ0n) is 47.8. The highest BCUT2D eigenvalue weighted by Gasteiger charge is 2.47. The van der Waals surface area contributed by atoms with E-state index >= 15 is 0 Å². The van der Waals surface area contributed by atoms with E-state index in [0.717, 1.165) is 44.9 Å².